The van der Waals surface area contributed by atoms with E-state index in [0.717, 1.165) is 16.9 Å². The summed E-state index contributed by atoms with van der Waals surface area (Å²) >= 11 is 11.3. The molecule has 0 saturated heterocycles. The van der Waals surface area contributed by atoms with Gasteiger partial charge in [-0.25, -0.2) is 5.10 Å². The monoisotopic (exact) mass is 344 g/mol. The van der Waals surface area contributed by atoms with Crippen molar-refractivity contribution in [1.82, 2.24) is 14.9 Å². The summed E-state index contributed by atoms with van der Waals surface area (Å²) in [5.41, 5.74) is 1.75. The number of methoxy groups -OCH3 is 1. The van der Waals surface area contributed by atoms with E-state index in [1.807, 2.05) is 42.5 Å². The number of rotatable bonds is 4. The van der Waals surface area contributed by atoms with Crippen LogP contribution >= 0.6 is 23.8 Å². The van der Waals surface area contributed by atoms with Crippen molar-refractivity contribution >= 4 is 30.0 Å². The van der Waals surface area contributed by atoms with E-state index in [9.17, 15) is 0 Å². The first-order chi connectivity index (χ1) is 11.2. The molecule has 0 aliphatic carbocycles. The Kier molecular flexibility index (Phi) is 4.55. The molecule has 23 heavy (non-hydrogen) atoms. The van der Waals surface area contributed by atoms with Crippen molar-refractivity contribution in [2.75, 3.05) is 7.11 Å². The van der Waals surface area contributed by atoms with E-state index in [1.54, 1.807) is 24.1 Å². The van der Waals surface area contributed by atoms with Crippen LogP contribution in [-0.4, -0.2) is 28.2 Å². The Morgan fingerprint density at radius 2 is 2.04 bits per heavy atom. The molecule has 3 rings (SSSR count). The van der Waals surface area contributed by atoms with Crippen molar-refractivity contribution in [3.63, 3.8) is 0 Å². The number of benzene rings is 2. The molecule has 1 N–H and O–H groups in total. The second kappa shape index (κ2) is 6.76. The molecule has 0 unspecified atom stereocenters. The highest BCUT2D eigenvalue weighted by Crippen LogP contribution is 2.21. The van der Waals surface area contributed by atoms with Crippen LogP contribution in [0.5, 0.6) is 5.75 Å². The van der Waals surface area contributed by atoms with Gasteiger partial charge < -0.3 is 4.74 Å². The van der Waals surface area contributed by atoms with Crippen LogP contribution < -0.4 is 4.74 Å². The lowest BCUT2D eigenvalue weighted by Crippen LogP contribution is -1.95. The molecule has 3 aromatic rings. The van der Waals surface area contributed by atoms with Crippen molar-refractivity contribution in [3.8, 4) is 17.1 Å². The summed E-state index contributed by atoms with van der Waals surface area (Å²) in [5, 5.41) is 12.0. The molecule has 0 aliphatic heterocycles. The first-order valence-electron chi connectivity index (χ1n) is 6.79. The topological polar surface area (TPSA) is 55.2 Å². The zero-order valence-corrected chi connectivity index (χ0v) is 13.8. The van der Waals surface area contributed by atoms with E-state index in [4.69, 9.17) is 28.6 Å². The Labute approximate surface area is 143 Å². The van der Waals surface area contributed by atoms with Gasteiger partial charge in [-0.1, -0.05) is 23.7 Å². The van der Waals surface area contributed by atoms with Crippen LogP contribution in [0.2, 0.25) is 5.02 Å². The highest BCUT2D eigenvalue weighted by atomic mass is 35.5. The van der Waals surface area contributed by atoms with Gasteiger partial charge in [0, 0.05) is 10.6 Å². The number of halogens is 1. The lowest BCUT2D eigenvalue weighted by atomic mass is 10.2. The first kappa shape index (κ1) is 15.5. The molecule has 0 atom stereocenters. The highest BCUT2D eigenvalue weighted by Gasteiger charge is 2.08. The second-order valence-electron chi connectivity index (χ2n) is 4.69. The number of hydrogen-bond acceptors (Lipinski definition) is 4. The number of aromatic amines is 1. The SMILES string of the molecule is COc1ccc(C=Nn2c(-c3cccc(Cl)c3)n[nH]c2=S)cc1. The molecule has 0 bridgehead atoms. The number of aromatic nitrogens is 3. The minimum atomic E-state index is 0.407. The van der Waals surface area contributed by atoms with Crippen LogP contribution in [0.1, 0.15) is 5.56 Å². The minimum Gasteiger partial charge on any atom is -0.497 e. The fourth-order valence-electron chi connectivity index (χ4n) is 2.03. The standard InChI is InChI=1S/C16H13ClN4OS/c1-22-14-7-5-11(6-8-14)10-18-21-15(19-20-16(21)23)12-3-2-4-13(17)9-12/h2-10H,1H3,(H,20,23). The van der Waals surface area contributed by atoms with Gasteiger partial charge >= 0.3 is 0 Å². The van der Waals surface area contributed by atoms with Gasteiger partial charge in [0.15, 0.2) is 5.82 Å². The van der Waals surface area contributed by atoms with Crippen molar-refractivity contribution in [2.24, 2.45) is 5.10 Å². The van der Waals surface area contributed by atoms with Crippen LogP contribution in [0.25, 0.3) is 11.4 Å². The van der Waals surface area contributed by atoms with Gasteiger partial charge in [-0.2, -0.15) is 14.9 Å². The molecule has 2 aromatic carbocycles. The maximum absolute atomic E-state index is 6.03. The summed E-state index contributed by atoms with van der Waals surface area (Å²) in [6, 6.07) is 14.9. The third-order valence-corrected chi connectivity index (χ3v) is 3.67. The summed E-state index contributed by atoms with van der Waals surface area (Å²) in [6.45, 7) is 0. The molecule has 5 nitrogen and oxygen atoms in total. The Hall–Kier alpha value is -2.44. The van der Waals surface area contributed by atoms with Crippen LogP contribution in [-0.2, 0) is 0 Å². The smallest absolute Gasteiger partial charge is 0.216 e. The fourth-order valence-corrected chi connectivity index (χ4v) is 2.40. The summed E-state index contributed by atoms with van der Waals surface area (Å²) in [5.74, 6) is 1.39. The predicted molar refractivity (Wildman–Crippen MR) is 93.8 cm³/mol. The molecule has 0 fully saturated rings. The number of hydrogen-bond donors (Lipinski definition) is 1. The molecular weight excluding hydrogens is 332 g/mol. The van der Waals surface area contributed by atoms with Crippen molar-refractivity contribution in [2.45, 2.75) is 0 Å². The van der Waals surface area contributed by atoms with E-state index < -0.39 is 0 Å². The van der Waals surface area contributed by atoms with Crippen LogP contribution in [0.15, 0.2) is 53.6 Å². The molecule has 0 amide bonds. The van der Waals surface area contributed by atoms with Gasteiger partial charge in [-0.3, -0.25) is 0 Å². The quantitative estimate of drug-likeness (QED) is 0.571. The summed E-state index contributed by atoms with van der Waals surface area (Å²) in [4.78, 5) is 0. The van der Waals surface area contributed by atoms with E-state index in [-0.39, 0.29) is 0 Å². The molecule has 1 heterocycles. The van der Waals surface area contributed by atoms with Crippen LogP contribution in [0, 0.1) is 4.77 Å². The van der Waals surface area contributed by atoms with Gasteiger partial charge in [-0.05, 0) is 54.2 Å². The Balaban J connectivity index is 1.95. The van der Waals surface area contributed by atoms with Crippen LogP contribution in [0.3, 0.4) is 0 Å². The largest absolute Gasteiger partial charge is 0.497 e. The predicted octanol–water partition coefficient (Wildman–Crippen LogP) is 4.15. The zero-order chi connectivity index (χ0) is 16.2. The van der Waals surface area contributed by atoms with Crippen molar-refractivity contribution in [3.05, 3.63) is 63.9 Å². The normalized spacial score (nSPS) is 11.0. The maximum atomic E-state index is 6.03. The van der Waals surface area contributed by atoms with Crippen LogP contribution in [0.4, 0.5) is 0 Å². The Bertz CT molecular complexity index is 899. The van der Waals surface area contributed by atoms with Gasteiger partial charge in [0.25, 0.3) is 0 Å². The Morgan fingerprint density at radius 1 is 1.26 bits per heavy atom. The summed E-state index contributed by atoms with van der Waals surface area (Å²) in [6.07, 6.45) is 1.71. The van der Waals surface area contributed by atoms with Crippen molar-refractivity contribution < 1.29 is 4.74 Å². The molecular formula is C16H13ClN4OS. The molecule has 0 aliphatic rings. The minimum absolute atomic E-state index is 0.407. The zero-order valence-electron chi connectivity index (χ0n) is 12.2. The number of H-pyrrole nitrogens is 1. The summed E-state index contributed by atoms with van der Waals surface area (Å²) in [7, 11) is 1.63. The number of ether oxygens (including phenoxy) is 1. The van der Waals surface area contributed by atoms with E-state index in [2.05, 4.69) is 15.3 Å². The lowest BCUT2D eigenvalue weighted by molar-refractivity contribution is 0.415. The van der Waals surface area contributed by atoms with Gasteiger partial charge in [0.1, 0.15) is 5.75 Å². The van der Waals surface area contributed by atoms with Gasteiger partial charge in [-0.15, -0.1) is 0 Å². The van der Waals surface area contributed by atoms with Gasteiger partial charge in [0.2, 0.25) is 4.77 Å². The first-order valence-corrected chi connectivity index (χ1v) is 7.58. The molecule has 0 spiro atoms. The third-order valence-electron chi connectivity index (χ3n) is 3.17. The molecule has 0 radical (unpaired) electrons. The average Bonchev–Trinajstić information content (AvgIpc) is 2.94. The van der Waals surface area contributed by atoms with E-state index >= 15 is 0 Å². The van der Waals surface area contributed by atoms with E-state index in [1.165, 1.54) is 0 Å². The average molecular weight is 345 g/mol. The number of nitrogens with zero attached hydrogens (tertiary/aromatic N) is 3. The summed E-state index contributed by atoms with van der Waals surface area (Å²) < 4.78 is 7.10. The Morgan fingerprint density at radius 3 is 2.74 bits per heavy atom. The second-order valence-corrected chi connectivity index (χ2v) is 5.52. The molecule has 0 saturated carbocycles. The fraction of sp³-hybridized carbons (Fsp3) is 0.0625. The van der Waals surface area contributed by atoms with Crippen molar-refractivity contribution in [1.29, 1.82) is 0 Å². The molecule has 1 aromatic heterocycles. The highest BCUT2D eigenvalue weighted by molar-refractivity contribution is 7.71. The lowest BCUT2D eigenvalue weighted by Gasteiger charge is -2.02. The maximum Gasteiger partial charge on any atom is 0.216 e. The number of nitrogens with one attached hydrogen (secondary N) is 1. The third kappa shape index (κ3) is 3.49. The van der Waals surface area contributed by atoms with Gasteiger partial charge in [0.05, 0.1) is 13.3 Å². The molecule has 116 valence electrons. The van der Waals surface area contributed by atoms with E-state index in [0.29, 0.717) is 15.6 Å². The molecule has 7 heteroatoms.